The quantitative estimate of drug-likeness (QED) is 0.530. The van der Waals surface area contributed by atoms with E-state index in [2.05, 4.69) is 5.32 Å². The van der Waals surface area contributed by atoms with Crippen molar-refractivity contribution in [2.45, 2.75) is 38.6 Å². The molecule has 0 saturated heterocycles. The van der Waals surface area contributed by atoms with Gasteiger partial charge in [0.05, 0.1) is 18.2 Å². The predicted molar refractivity (Wildman–Crippen MR) is 118 cm³/mol. The molecule has 3 rings (SSSR count). The van der Waals surface area contributed by atoms with E-state index in [1.807, 2.05) is 61.5 Å². The van der Waals surface area contributed by atoms with Crippen LogP contribution in [-0.2, 0) is 22.4 Å². The molecule has 1 aromatic heterocycles. The highest BCUT2D eigenvalue weighted by molar-refractivity contribution is 5.92. The maximum atomic E-state index is 12.5. The van der Waals surface area contributed by atoms with Gasteiger partial charge in [-0.2, -0.15) is 0 Å². The van der Waals surface area contributed by atoms with Crippen LogP contribution in [0.25, 0.3) is 10.9 Å². The number of hydrogen-bond acceptors (Lipinski definition) is 4. The normalized spacial score (nSPS) is 11.9. The molecule has 0 aliphatic rings. The molecule has 6 heteroatoms. The molecule has 0 aliphatic carbocycles. The van der Waals surface area contributed by atoms with E-state index in [1.165, 1.54) is 4.57 Å². The Morgan fingerprint density at radius 2 is 1.83 bits per heavy atom. The van der Waals surface area contributed by atoms with E-state index in [4.69, 9.17) is 10.5 Å². The van der Waals surface area contributed by atoms with Crippen molar-refractivity contribution in [3.05, 3.63) is 71.9 Å². The van der Waals surface area contributed by atoms with Gasteiger partial charge in [0.25, 0.3) is 0 Å². The van der Waals surface area contributed by atoms with Crippen LogP contribution in [0.4, 0.5) is 4.79 Å². The summed E-state index contributed by atoms with van der Waals surface area (Å²) in [5.41, 5.74) is 8.93. The molecule has 0 spiro atoms. The molecule has 0 unspecified atom stereocenters. The van der Waals surface area contributed by atoms with E-state index in [1.54, 1.807) is 6.20 Å². The molecule has 158 valence electrons. The first-order chi connectivity index (χ1) is 14.6. The first-order valence-corrected chi connectivity index (χ1v) is 10.4. The number of unbranched alkanes of at least 4 members (excludes halogenated alkanes) is 1. The number of benzene rings is 2. The van der Waals surface area contributed by atoms with Crippen molar-refractivity contribution in [2.24, 2.45) is 5.73 Å². The third-order valence-electron chi connectivity index (χ3n) is 5.05. The van der Waals surface area contributed by atoms with E-state index in [9.17, 15) is 9.59 Å². The lowest BCUT2D eigenvalue weighted by Crippen LogP contribution is -2.42. The number of ether oxygens (including phenoxy) is 1. The van der Waals surface area contributed by atoms with Crippen LogP contribution in [0.1, 0.15) is 30.9 Å². The van der Waals surface area contributed by atoms with Gasteiger partial charge in [-0.05, 0) is 36.5 Å². The zero-order valence-electron chi connectivity index (χ0n) is 17.3. The van der Waals surface area contributed by atoms with Crippen molar-refractivity contribution in [2.75, 3.05) is 13.2 Å². The first-order valence-electron chi connectivity index (χ1n) is 10.4. The smallest absolute Gasteiger partial charge is 0.418 e. The second-order valence-corrected chi connectivity index (χ2v) is 7.35. The minimum absolute atomic E-state index is 0.201. The summed E-state index contributed by atoms with van der Waals surface area (Å²) in [6.45, 7) is 2.96. The number of rotatable bonds is 9. The van der Waals surface area contributed by atoms with Crippen LogP contribution < -0.4 is 11.1 Å². The zero-order valence-corrected chi connectivity index (χ0v) is 17.3. The minimum Gasteiger partial charge on any atom is -0.449 e. The van der Waals surface area contributed by atoms with Crippen molar-refractivity contribution in [3.8, 4) is 0 Å². The minimum atomic E-state index is -0.698. The number of aromatic nitrogens is 1. The molecule has 0 aliphatic heterocycles. The van der Waals surface area contributed by atoms with Gasteiger partial charge in [-0.3, -0.25) is 9.36 Å². The van der Waals surface area contributed by atoms with Crippen LogP contribution in [-0.4, -0.2) is 35.8 Å². The topological polar surface area (TPSA) is 86.3 Å². The third kappa shape index (κ3) is 5.48. The van der Waals surface area contributed by atoms with Crippen molar-refractivity contribution in [1.82, 2.24) is 9.88 Å². The molecule has 6 nitrogen and oxygen atoms in total. The second-order valence-electron chi connectivity index (χ2n) is 7.35. The molecule has 0 radical (unpaired) electrons. The fraction of sp³-hybridized carbons (Fsp3) is 0.333. The van der Waals surface area contributed by atoms with E-state index in [-0.39, 0.29) is 5.91 Å². The van der Waals surface area contributed by atoms with Gasteiger partial charge in [-0.1, -0.05) is 61.9 Å². The van der Waals surface area contributed by atoms with Gasteiger partial charge in [0.15, 0.2) is 0 Å². The Morgan fingerprint density at radius 3 is 2.60 bits per heavy atom. The predicted octanol–water partition coefficient (Wildman–Crippen LogP) is 3.65. The number of fused-ring (bicyclic) bond motifs is 1. The molecule has 2 aromatic carbocycles. The highest BCUT2D eigenvalue weighted by atomic mass is 16.5. The highest BCUT2D eigenvalue weighted by Gasteiger charge is 2.19. The summed E-state index contributed by atoms with van der Waals surface area (Å²) in [5.74, 6) is -0.201. The Morgan fingerprint density at radius 1 is 1.10 bits per heavy atom. The van der Waals surface area contributed by atoms with Gasteiger partial charge in [-0.15, -0.1) is 0 Å². The fourth-order valence-corrected chi connectivity index (χ4v) is 3.37. The average Bonchev–Trinajstić information content (AvgIpc) is 3.13. The molecule has 3 aromatic rings. The Balaban J connectivity index is 1.64. The average molecular weight is 408 g/mol. The summed E-state index contributed by atoms with van der Waals surface area (Å²) in [6.07, 6.45) is 4.20. The molecule has 0 fully saturated rings. The van der Waals surface area contributed by atoms with Crippen LogP contribution in [0.3, 0.4) is 0 Å². The monoisotopic (exact) mass is 407 g/mol. The van der Waals surface area contributed by atoms with Crippen LogP contribution >= 0.6 is 0 Å². The Kier molecular flexibility index (Phi) is 7.63. The molecule has 3 N–H and O–H groups in total. The van der Waals surface area contributed by atoms with Crippen LogP contribution in [0.2, 0.25) is 0 Å². The fourth-order valence-electron chi connectivity index (χ4n) is 3.37. The first kappa shape index (κ1) is 21.6. The Hall–Kier alpha value is -3.12. The van der Waals surface area contributed by atoms with Crippen LogP contribution in [0.5, 0.6) is 0 Å². The lowest BCUT2D eigenvalue weighted by atomic mass is 10.0. The third-order valence-corrected chi connectivity index (χ3v) is 5.05. The summed E-state index contributed by atoms with van der Waals surface area (Å²) in [7, 11) is 0. The van der Waals surface area contributed by atoms with E-state index in [0.717, 1.165) is 41.3 Å². The lowest BCUT2D eigenvalue weighted by Gasteiger charge is -2.12. The number of hydrogen-bond donors (Lipinski definition) is 2. The number of carbonyl (C=O) groups is 2. The molecule has 0 saturated carbocycles. The van der Waals surface area contributed by atoms with Gasteiger partial charge < -0.3 is 15.8 Å². The second kappa shape index (κ2) is 10.6. The number of nitrogens with zero attached hydrogens (tertiary/aromatic N) is 1. The molecular weight excluding hydrogens is 378 g/mol. The van der Waals surface area contributed by atoms with Crippen molar-refractivity contribution >= 4 is 22.9 Å². The number of amides is 1. The van der Waals surface area contributed by atoms with E-state index >= 15 is 0 Å². The van der Waals surface area contributed by atoms with Crippen molar-refractivity contribution in [3.63, 3.8) is 0 Å². The summed E-state index contributed by atoms with van der Waals surface area (Å²) in [6, 6.07) is 16.9. The molecule has 0 bridgehead atoms. The van der Waals surface area contributed by atoms with Crippen molar-refractivity contribution < 1.29 is 14.3 Å². The van der Waals surface area contributed by atoms with Gasteiger partial charge in [-0.25, -0.2) is 4.79 Å². The SMILES string of the molecule is CCCCOC(=O)n1cc(C[C@@H](N)C(=O)NCCc2ccccc2)c2ccccc21. The van der Waals surface area contributed by atoms with Gasteiger partial charge >= 0.3 is 6.09 Å². The van der Waals surface area contributed by atoms with Gasteiger partial charge in [0.1, 0.15) is 0 Å². The number of para-hydroxylation sites is 1. The molecule has 30 heavy (non-hydrogen) atoms. The summed E-state index contributed by atoms with van der Waals surface area (Å²) in [5, 5.41) is 3.80. The standard InChI is InChI=1S/C24H29N3O3/c1-2-3-15-30-24(29)27-17-19(20-11-7-8-12-22(20)27)16-21(25)23(28)26-14-13-18-9-5-4-6-10-18/h4-12,17,21H,2-3,13-16,25H2,1H3,(H,26,28)/t21-/m1/s1. The van der Waals surface area contributed by atoms with Crippen LogP contribution in [0, 0.1) is 0 Å². The maximum absolute atomic E-state index is 12.5. The van der Waals surface area contributed by atoms with Gasteiger partial charge in [0, 0.05) is 18.1 Å². The summed E-state index contributed by atoms with van der Waals surface area (Å²) >= 11 is 0. The van der Waals surface area contributed by atoms with Crippen LogP contribution in [0.15, 0.2) is 60.8 Å². The van der Waals surface area contributed by atoms with Gasteiger partial charge in [0.2, 0.25) is 5.91 Å². The number of carbonyl (C=O) groups excluding carboxylic acids is 2. The van der Waals surface area contributed by atoms with Crippen molar-refractivity contribution in [1.29, 1.82) is 0 Å². The Labute approximate surface area is 177 Å². The molecule has 1 amide bonds. The summed E-state index contributed by atoms with van der Waals surface area (Å²) in [4.78, 5) is 24.9. The van der Waals surface area contributed by atoms with E-state index in [0.29, 0.717) is 19.6 Å². The molecule has 1 heterocycles. The highest BCUT2D eigenvalue weighted by Crippen LogP contribution is 2.23. The largest absolute Gasteiger partial charge is 0.449 e. The number of nitrogens with one attached hydrogen (secondary N) is 1. The number of nitrogens with two attached hydrogens (primary N) is 1. The zero-order chi connectivity index (χ0) is 21.3. The molecular formula is C24H29N3O3. The molecule has 1 atom stereocenters. The summed E-state index contributed by atoms with van der Waals surface area (Å²) < 4.78 is 6.85. The van der Waals surface area contributed by atoms with E-state index < -0.39 is 12.1 Å². The maximum Gasteiger partial charge on any atom is 0.418 e. The Bertz CT molecular complexity index is 982. The lowest BCUT2D eigenvalue weighted by molar-refractivity contribution is -0.122.